The van der Waals surface area contributed by atoms with Gasteiger partial charge in [0.05, 0.1) is 24.0 Å². The van der Waals surface area contributed by atoms with E-state index in [4.69, 9.17) is 21.8 Å². The zero-order chi connectivity index (χ0) is 24.9. The van der Waals surface area contributed by atoms with Crippen molar-refractivity contribution in [2.24, 2.45) is 10.9 Å². The van der Waals surface area contributed by atoms with E-state index in [0.29, 0.717) is 11.5 Å². The zero-order valence-corrected chi connectivity index (χ0v) is 20.2. The van der Waals surface area contributed by atoms with Crippen molar-refractivity contribution in [2.75, 3.05) is 0 Å². The Morgan fingerprint density at radius 3 is 2.71 bits per heavy atom. The fourth-order valence-electron chi connectivity index (χ4n) is 3.45. The first kappa shape index (κ1) is 26.7. The van der Waals surface area contributed by atoms with E-state index in [1.165, 1.54) is 28.8 Å². The number of carboxylic acids is 1. The number of nitrogens with one attached hydrogen (secondary N) is 1. The Labute approximate surface area is 206 Å². The summed E-state index contributed by atoms with van der Waals surface area (Å²) < 4.78 is 0. The van der Waals surface area contributed by atoms with E-state index in [-0.39, 0.29) is 23.4 Å². The number of aromatic carboxylic acids is 1. The standard InChI is InChI=1S/C20H23ClN2.C8H8O3/c1-3-4-5-6-7-17-8-10-18(11-9-17)16(2)14-20-19(12-13-21)22-15-23-20;1-5-2-3-6(9)4-7(5)8(10)11/h3-10,12-15,18-20H,1,11H2,2H3,(H,22,23);2-4,9H,1H3,(H,10,11)/b5-4-,7-6+,13-12+,16-14+;. The van der Waals surface area contributed by atoms with E-state index >= 15 is 0 Å². The summed E-state index contributed by atoms with van der Waals surface area (Å²) >= 11 is 5.67. The highest BCUT2D eigenvalue weighted by atomic mass is 35.5. The number of carboxylic acid groups (broad SMARTS) is 1. The second-order valence-electron chi connectivity index (χ2n) is 7.88. The first-order valence-corrected chi connectivity index (χ1v) is 11.4. The Balaban J connectivity index is 0.000000310. The molecule has 3 unspecified atom stereocenters. The molecule has 5 nitrogen and oxygen atoms in total. The molecule has 3 N–H and O–H groups in total. The van der Waals surface area contributed by atoms with Gasteiger partial charge in [-0.15, -0.1) is 0 Å². The van der Waals surface area contributed by atoms with Gasteiger partial charge in [-0.25, -0.2) is 4.79 Å². The first-order chi connectivity index (χ1) is 16.3. The number of phenolic OH excluding ortho intramolecular Hbond substituents is 1. The highest BCUT2D eigenvalue weighted by Gasteiger charge is 2.20. The number of hydrogen-bond acceptors (Lipinski definition) is 4. The largest absolute Gasteiger partial charge is 0.508 e. The van der Waals surface area contributed by atoms with Crippen molar-refractivity contribution in [3.05, 3.63) is 113 Å². The molecule has 0 saturated heterocycles. The molecule has 34 heavy (non-hydrogen) atoms. The number of halogens is 1. The lowest BCUT2D eigenvalue weighted by molar-refractivity contribution is 0.0695. The molecular weight excluding hydrogens is 448 g/mol. The molecule has 0 aromatic heterocycles. The first-order valence-electron chi connectivity index (χ1n) is 11.0. The van der Waals surface area contributed by atoms with Gasteiger partial charge < -0.3 is 15.5 Å². The average Bonchev–Trinajstić information content (AvgIpc) is 3.26. The van der Waals surface area contributed by atoms with Gasteiger partial charge in [0.15, 0.2) is 0 Å². The maximum absolute atomic E-state index is 10.5. The smallest absolute Gasteiger partial charge is 0.336 e. The molecule has 2 aliphatic rings. The van der Waals surface area contributed by atoms with Crippen molar-refractivity contribution in [3.8, 4) is 5.75 Å². The van der Waals surface area contributed by atoms with Gasteiger partial charge in [-0.2, -0.15) is 0 Å². The molecular formula is C28H31ClN2O3. The zero-order valence-electron chi connectivity index (χ0n) is 19.4. The van der Waals surface area contributed by atoms with Crippen LogP contribution in [0.2, 0.25) is 0 Å². The van der Waals surface area contributed by atoms with E-state index < -0.39 is 5.97 Å². The molecule has 0 spiro atoms. The van der Waals surface area contributed by atoms with Crippen molar-refractivity contribution in [2.45, 2.75) is 32.4 Å². The summed E-state index contributed by atoms with van der Waals surface area (Å²) in [5.74, 6) is -0.592. The minimum Gasteiger partial charge on any atom is -0.508 e. The monoisotopic (exact) mass is 478 g/mol. The van der Waals surface area contributed by atoms with Crippen LogP contribution in [0.1, 0.15) is 29.3 Å². The topological polar surface area (TPSA) is 81.9 Å². The van der Waals surface area contributed by atoms with Gasteiger partial charge in [0.25, 0.3) is 0 Å². The molecule has 0 radical (unpaired) electrons. The van der Waals surface area contributed by atoms with Gasteiger partial charge in [0.1, 0.15) is 5.75 Å². The second kappa shape index (κ2) is 13.9. The number of aryl methyl sites for hydroxylation is 1. The fraction of sp³-hybridized carbons (Fsp3) is 0.214. The van der Waals surface area contributed by atoms with E-state index in [9.17, 15) is 4.79 Å². The predicted molar refractivity (Wildman–Crippen MR) is 142 cm³/mol. The maximum atomic E-state index is 10.5. The van der Waals surface area contributed by atoms with Crippen LogP contribution in [0.5, 0.6) is 5.75 Å². The summed E-state index contributed by atoms with van der Waals surface area (Å²) in [6.45, 7) is 7.51. The molecule has 178 valence electrons. The number of rotatable bonds is 7. The van der Waals surface area contributed by atoms with Crippen LogP contribution in [0.25, 0.3) is 0 Å². The summed E-state index contributed by atoms with van der Waals surface area (Å²) in [6.07, 6.45) is 23.5. The van der Waals surface area contributed by atoms with Gasteiger partial charge >= 0.3 is 5.97 Å². The van der Waals surface area contributed by atoms with Gasteiger partial charge in [-0.1, -0.05) is 84.5 Å². The van der Waals surface area contributed by atoms with Crippen LogP contribution in [0.15, 0.2) is 107 Å². The molecule has 0 saturated carbocycles. The van der Waals surface area contributed by atoms with E-state index in [1.807, 2.05) is 24.3 Å². The van der Waals surface area contributed by atoms with Crippen molar-refractivity contribution in [1.29, 1.82) is 0 Å². The Kier molecular flexibility index (Phi) is 10.9. The van der Waals surface area contributed by atoms with Crippen LogP contribution in [0, 0.1) is 12.8 Å². The third-order valence-electron chi connectivity index (χ3n) is 5.41. The summed E-state index contributed by atoms with van der Waals surface area (Å²) in [6, 6.07) is 4.53. The summed E-state index contributed by atoms with van der Waals surface area (Å²) in [5, 5.41) is 20.8. The minimum absolute atomic E-state index is 0.0204. The lowest BCUT2D eigenvalue weighted by Crippen LogP contribution is -2.29. The predicted octanol–water partition coefficient (Wildman–Crippen LogP) is 6.25. The Hall–Kier alpha value is -3.57. The van der Waals surface area contributed by atoms with Crippen LogP contribution < -0.4 is 5.32 Å². The number of aliphatic imine (C=N–C) groups is 1. The molecule has 1 heterocycles. The average molecular weight is 479 g/mol. The molecule has 0 bridgehead atoms. The van der Waals surface area contributed by atoms with Crippen LogP contribution in [0.4, 0.5) is 0 Å². The SMILES string of the molecule is C=C/C=C\C=C\C1=CCC(/C(C)=C/C2NC=NC2/C=C/Cl)C=C1.Cc1ccc(O)cc1C(=O)O. The lowest BCUT2D eigenvalue weighted by atomic mass is 9.89. The van der Waals surface area contributed by atoms with E-state index in [1.54, 1.807) is 25.4 Å². The number of benzene rings is 1. The molecule has 1 aromatic rings. The Morgan fingerprint density at radius 1 is 1.29 bits per heavy atom. The number of aromatic hydroxyl groups is 1. The molecule has 1 aliphatic carbocycles. The molecule has 0 amide bonds. The number of nitrogens with zero attached hydrogens (tertiary/aromatic N) is 1. The highest BCUT2D eigenvalue weighted by molar-refractivity contribution is 6.25. The third kappa shape index (κ3) is 8.41. The van der Waals surface area contributed by atoms with Crippen LogP contribution in [0.3, 0.4) is 0 Å². The summed E-state index contributed by atoms with van der Waals surface area (Å²) in [5.41, 5.74) is 4.92. The van der Waals surface area contributed by atoms with Gasteiger partial charge in [-0.05, 0) is 49.6 Å². The van der Waals surface area contributed by atoms with Crippen molar-refractivity contribution < 1.29 is 15.0 Å². The van der Waals surface area contributed by atoms with E-state index in [2.05, 4.69) is 54.2 Å². The highest BCUT2D eigenvalue weighted by Crippen LogP contribution is 2.25. The van der Waals surface area contributed by atoms with E-state index in [0.717, 1.165) is 6.42 Å². The van der Waals surface area contributed by atoms with Crippen LogP contribution in [-0.4, -0.2) is 34.6 Å². The van der Waals surface area contributed by atoms with Crippen LogP contribution >= 0.6 is 11.6 Å². The molecule has 6 heteroatoms. The Bertz CT molecular complexity index is 1080. The number of carbonyl (C=O) groups is 1. The van der Waals surface area contributed by atoms with Crippen molar-refractivity contribution in [3.63, 3.8) is 0 Å². The molecule has 3 atom stereocenters. The van der Waals surface area contributed by atoms with Gasteiger partial charge in [-0.3, -0.25) is 4.99 Å². The Morgan fingerprint density at radius 2 is 2.09 bits per heavy atom. The quantitative estimate of drug-likeness (QED) is 0.319. The number of hydrogen-bond donors (Lipinski definition) is 3. The maximum Gasteiger partial charge on any atom is 0.336 e. The second-order valence-corrected chi connectivity index (χ2v) is 8.13. The van der Waals surface area contributed by atoms with Gasteiger partial charge in [0.2, 0.25) is 0 Å². The number of phenols is 1. The minimum atomic E-state index is -1.02. The lowest BCUT2D eigenvalue weighted by Gasteiger charge is -2.19. The molecule has 0 fully saturated rings. The summed E-state index contributed by atoms with van der Waals surface area (Å²) in [7, 11) is 0. The van der Waals surface area contributed by atoms with Crippen molar-refractivity contribution in [1.82, 2.24) is 5.32 Å². The number of allylic oxidation sites excluding steroid dienone is 10. The summed E-state index contributed by atoms with van der Waals surface area (Å²) in [4.78, 5) is 14.8. The molecule has 3 rings (SSSR count). The van der Waals surface area contributed by atoms with Crippen molar-refractivity contribution >= 4 is 23.9 Å². The fourth-order valence-corrected chi connectivity index (χ4v) is 3.60. The van der Waals surface area contributed by atoms with Gasteiger partial charge in [0, 0.05) is 11.5 Å². The molecule has 1 aromatic carbocycles. The van der Waals surface area contributed by atoms with Crippen LogP contribution in [-0.2, 0) is 0 Å². The normalized spacial score (nSPS) is 22.0. The molecule has 1 aliphatic heterocycles. The third-order valence-corrected chi connectivity index (χ3v) is 5.55.